The number of nitrogens with one attached hydrogen (secondary N) is 1. The van der Waals surface area contributed by atoms with Crippen LogP contribution in [-0.4, -0.2) is 33.8 Å². The predicted octanol–water partition coefficient (Wildman–Crippen LogP) is 2.46. The van der Waals surface area contributed by atoms with E-state index in [-0.39, 0.29) is 11.8 Å². The standard InChI is InChI=1S/C19H20N4O2/c1-12-16(10-22-23(12)2)14-7-17-15(4-3-5-20-17)18(8-14)25-11-13-6-19(24)21-9-13/h3-5,7-8,10,13H,6,9,11H2,1-2H3,(H,21,24). The molecule has 128 valence electrons. The van der Waals surface area contributed by atoms with Crippen LogP contribution in [0.5, 0.6) is 5.75 Å². The summed E-state index contributed by atoms with van der Waals surface area (Å²) in [6.45, 7) is 3.23. The van der Waals surface area contributed by atoms with Gasteiger partial charge < -0.3 is 10.1 Å². The van der Waals surface area contributed by atoms with E-state index in [1.807, 2.05) is 43.0 Å². The average molecular weight is 336 g/mol. The number of benzene rings is 1. The van der Waals surface area contributed by atoms with Crippen LogP contribution < -0.4 is 10.1 Å². The van der Waals surface area contributed by atoms with Crippen molar-refractivity contribution in [3.63, 3.8) is 0 Å². The Morgan fingerprint density at radius 1 is 1.40 bits per heavy atom. The molecule has 0 radical (unpaired) electrons. The second-order valence-corrected chi connectivity index (χ2v) is 6.50. The Balaban J connectivity index is 1.71. The molecule has 1 N–H and O–H groups in total. The quantitative estimate of drug-likeness (QED) is 0.795. The highest BCUT2D eigenvalue weighted by Crippen LogP contribution is 2.33. The highest BCUT2D eigenvalue weighted by Gasteiger charge is 2.22. The number of amides is 1. The number of rotatable bonds is 4. The minimum Gasteiger partial charge on any atom is -0.492 e. The van der Waals surface area contributed by atoms with Gasteiger partial charge in [-0.05, 0) is 36.8 Å². The van der Waals surface area contributed by atoms with Gasteiger partial charge >= 0.3 is 0 Å². The Morgan fingerprint density at radius 2 is 2.28 bits per heavy atom. The third-order valence-electron chi connectivity index (χ3n) is 4.77. The van der Waals surface area contributed by atoms with Crippen molar-refractivity contribution in [3.8, 4) is 16.9 Å². The molecule has 25 heavy (non-hydrogen) atoms. The number of aromatic nitrogens is 3. The summed E-state index contributed by atoms with van der Waals surface area (Å²) in [5.41, 5.74) is 4.08. The molecule has 1 saturated heterocycles. The summed E-state index contributed by atoms with van der Waals surface area (Å²) in [5.74, 6) is 1.10. The fraction of sp³-hybridized carbons (Fsp3) is 0.316. The molecule has 1 amide bonds. The highest BCUT2D eigenvalue weighted by atomic mass is 16.5. The maximum Gasteiger partial charge on any atom is 0.220 e. The molecule has 0 saturated carbocycles. The van der Waals surface area contributed by atoms with E-state index in [1.54, 1.807) is 6.20 Å². The van der Waals surface area contributed by atoms with Gasteiger partial charge in [0.1, 0.15) is 5.75 Å². The monoisotopic (exact) mass is 336 g/mol. The van der Waals surface area contributed by atoms with E-state index in [0.29, 0.717) is 19.6 Å². The molecular formula is C19H20N4O2. The maximum atomic E-state index is 11.4. The van der Waals surface area contributed by atoms with Crippen LogP contribution >= 0.6 is 0 Å². The van der Waals surface area contributed by atoms with E-state index >= 15 is 0 Å². The lowest BCUT2D eigenvalue weighted by atomic mass is 10.0. The summed E-state index contributed by atoms with van der Waals surface area (Å²) in [6, 6.07) is 8.02. The number of carbonyl (C=O) groups is 1. The molecule has 4 rings (SSSR count). The van der Waals surface area contributed by atoms with Gasteiger partial charge in [-0.15, -0.1) is 0 Å². The van der Waals surface area contributed by atoms with Crippen molar-refractivity contribution in [1.29, 1.82) is 0 Å². The number of pyridine rings is 1. The second kappa shape index (κ2) is 6.20. The maximum absolute atomic E-state index is 11.4. The van der Waals surface area contributed by atoms with Gasteiger partial charge in [0.15, 0.2) is 0 Å². The van der Waals surface area contributed by atoms with E-state index in [9.17, 15) is 4.79 Å². The number of fused-ring (bicyclic) bond motifs is 1. The normalized spacial score (nSPS) is 17.0. The molecule has 1 unspecified atom stereocenters. The molecule has 3 aromatic rings. The Hall–Kier alpha value is -2.89. The summed E-state index contributed by atoms with van der Waals surface area (Å²) in [6.07, 6.45) is 4.17. The van der Waals surface area contributed by atoms with Crippen LogP contribution in [0.2, 0.25) is 0 Å². The first-order chi connectivity index (χ1) is 12.1. The van der Waals surface area contributed by atoms with Crippen LogP contribution in [0.1, 0.15) is 12.1 Å². The summed E-state index contributed by atoms with van der Waals surface area (Å²) < 4.78 is 7.96. The minimum absolute atomic E-state index is 0.0971. The molecule has 1 atom stereocenters. The van der Waals surface area contributed by atoms with Gasteiger partial charge in [0, 0.05) is 48.8 Å². The third kappa shape index (κ3) is 2.95. The first kappa shape index (κ1) is 15.6. The lowest BCUT2D eigenvalue weighted by Crippen LogP contribution is -2.16. The van der Waals surface area contributed by atoms with Gasteiger partial charge in [0.25, 0.3) is 0 Å². The van der Waals surface area contributed by atoms with Crippen molar-refractivity contribution in [3.05, 3.63) is 42.4 Å². The van der Waals surface area contributed by atoms with E-state index in [2.05, 4.69) is 21.5 Å². The molecular weight excluding hydrogens is 316 g/mol. The zero-order chi connectivity index (χ0) is 17.4. The summed E-state index contributed by atoms with van der Waals surface area (Å²) in [5, 5.41) is 8.15. The number of aryl methyl sites for hydroxylation is 1. The van der Waals surface area contributed by atoms with E-state index in [1.165, 1.54) is 0 Å². The number of ether oxygens (including phenoxy) is 1. The molecule has 3 heterocycles. The smallest absolute Gasteiger partial charge is 0.220 e. The molecule has 1 aromatic carbocycles. The fourth-order valence-corrected chi connectivity index (χ4v) is 3.20. The molecule has 6 heteroatoms. The first-order valence-electron chi connectivity index (χ1n) is 8.39. The molecule has 1 aliphatic rings. The summed E-state index contributed by atoms with van der Waals surface area (Å²) in [4.78, 5) is 15.9. The van der Waals surface area contributed by atoms with E-state index in [4.69, 9.17) is 4.74 Å². The van der Waals surface area contributed by atoms with Crippen molar-refractivity contribution < 1.29 is 9.53 Å². The topological polar surface area (TPSA) is 69.0 Å². The summed E-state index contributed by atoms with van der Waals surface area (Å²) in [7, 11) is 1.93. The Labute approximate surface area is 145 Å². The number of hydrogen-bond donors (Lipinski definition) is 1. The van der Waals surface area contributed by atoms with Crippen molar-refractivity contribution in [1.82, 2.24) is 20.1 Å². The van der Waals surface area contributed by atoms with Crippen LogP contribution in [0.15, 0.2) is 36.7 Å². The Morgan fingerprint density at radius 3 is 3.00 bits per heavy atom. The van der Waals surface area contributed by atoms with Gasteiger partial charge in [0.05, 0.1) is 18.3 Å². The van der Waals surface area contributed by atoms with Crippen molar-refractivity contribution in [2.45, 2.75) is 13.3 Å². The first-order valence-corrected chi connectivity index (χ1v) is 8.39. The van der Waals surface area contributed by atoms with Crippen molar-refractivity contribution in [2.24, 2.45) is 13.0 Å². The number of carbonyl (C=O) groups excluding carboxylic acids is 1. The van der Waals surface area contributed by atoms with Gasteiger partial charge in [-0.1, -0.05) is 0 Å². The Kier molecular flexibility index (Phi) is 3.87. The summed E-state index contributed by atoms with van der Waals surface area (Å²) >= 11 is 0. The van der Waals surface area contributed by atoms with Gasteiger partial charge in [-0.3, -0.25) is 14.5 Å². The van der Waals surface area contributed by atoms with Crippen molar-refractivity contribution >= 4 is 16.8 Å². The Bertz CT molecular complexity index is 948. The molecule has 6 nitrogen and oxygen atoms in total. The average Bonchev–Trinajstić information content (AvgIpc) is 3.18. The zero-order valence-corrected chi connectivity index (χ0v) is 14.3. The molecule has 0 aliphatic carbocycles. The van der Waals surface area contributed by atoms with Crippen molar-refractivity contribution in [2.75, 3.05) is 13.2 Å². The molecule has 1 aliphatic heterocycles. The molecule has 0 bridgehead atoms. The predicted molar refractivity (Wildman–Crippen MR) is 95.3 cm³/mol. The van der Waals surface area contributed by atoms with E-state index < -0.39 is 0 Å². The van der Waals surface area contributed by atoms with E-state index in [0.717, 1.165) is 33.5 Å². The largest absolute Gasteiger partial charge is 0.492 e. The lowest BCUT2D eigenvalue weighted by molar-refractivity contribution is -0.119. The second-order valence-electron chi connectivity index (χ2n) is 6.50. The lowest BCUT2D eigenvalue weighted by Gasteiger charge is -2.14. The fourth-order valence-electron chi connectivity index (χ4n) is 3.20. The zero-order valence-electron chi connectivity index (χ0n) is 14.3. The molecule has 1 fully saturated rings. The van der Waals surface area contributed by atoms with Crippen LogP contribution in [0.4, 0.5) is 0 Å². The third-order valence-corrected chi connectivity index (χ3v) is 4.77. The van der Waals surface area contributed by atoms with Gasteiger partial charge in [0.2, 0.25) is 5.91 Å². The minimum atomic E-state index is 0.0971. The van der Waals surface area contributed by atoms with Crippen LogP contribution in [0.3, 0.4) is 0 Å². The van der Waals surface area contributed by atoms with Crippen LogP contribution in [0.25, 0.3) is 22.0 Å². The van der Waals surface area contributed by atoms with Gasteiger partial charge in [-0.25, -0.2) is 0 Å². The number of hydrogen-bond acceptors (Lipinski definition) is 4. The molecule has 0 spiro atoms. The number of nitrogens with zero attached hydrogens (tertiary/aromatic N) is 3. The van der Waals surface area contributed by atoms with Crippen LogP contribution in [-0.2, 0) is 11.8 Å². The van der Waals surface area contributed by atoms with Crippen LogP contribution in [0, 0.1) is 12.8 Å². The van der Waals surface area contributed by atoms with Gasteiger partial charge in [-0.2, -0.15) is 5.10 Å². The SMILES string of the molecule is Cc1c(-c2cc(OCC3CNC(=O)C3)c3cccnc3c2)cnn1C. The highest BCUT2D eigenvalue weighted by molar-refractivity contribution is 5.90. The molecule has 2 aromatic heterocycles.